The summed E-state index contributed by atoms with van der Waals surface area (Å²) in [4.78, 5) is 4.50. The fourth-order valence-corrected chi connectivity index (χ4v) is 3.09. The van der Waals surface area contributed by atoms with Crippen LogP contribution in [0.1, 0.15) is 19.4 Å². The molecule has 0 atom stereocenters. The van der Waals surface area contributed by atoms with Crippen molar-refractivity contribution in [2.45, 2.75) is 20.3 Å². The van der Waals surface area contributed by atoms with Gasteiger partial charge in [-0.15, -0.1) is 0 Å². The van der Waals surface area contributed by atoms with E-state index in [4.69, 9.17) is 0 Å². The molecule has 0 spiro atoms. The summed E-state index contributed by atoms with van der Waals surface area (Å²) in [6.07, 6.45) is 1.06. The number of benzene rings is 1. The monoisotopic (exact) mass is 377 g/mol. The molecule has 4 heteroatoms. The Bertz CT molecular complexity index is 352. The molecule has 1 aromatic carbocycles. The van der Waals surface area contributed by atoms with Crippen molar-refractivity contribution in [2.75, 3.05) is 36.6 Å². The van der Waals surface area contributed by atoms with Crippen molar-refractivity contribution in [1.82, 2.24) is 4.90 Å². The maximum atomic E-state index is 9.21. The van der Waals surface area contributed by atoms with Gasteiger partial charge in [0, 0.05) is 0 Å². The van der Waals surface area contributed by atoms with E-state index in [2.05, 4.69) is 62.0 Å². The minimum atomic E-state index is -0.642. The Morgan fingerprint density at radius 3 is 2.26 bits per heavy atom. The van der Waals surface area contributed by atoms with E-state index in [1.807, 2.05) is 0 Å². The van der Waals surface area contributed by atoms with Crippen LogP contribution in [0.2, 0.25) is 0 Å². The average Bonchev–Trinajstić information content (AvgIpc) is 2.36. The predicted octanol–water partition coefficient (Wildman–Crippen LogP) is -0.793. The average molecular weight is 377 g/mol. The molecule has 1 aromatic rings. The van der Waals surface area contributed by atoms with E-state index in [9.17, 15) is 3.44 Å². The zero-order valence-corrected chi connectivity index (χ0v) is 14.6. The number of rotatable bonds is 8. The molecule has 0 unspecified atom stereocenters. The van der Waals surface area contributed by atoms with Crippen LogP contribution in [-0.2, 0) is 6.42 Å². The number of hydrogen-bond acceptors (Lipinski definition) is 3. The molecule has 0 aromatic heterocycles. The van der Waals surface area contributed by atoms with Gasteiger partial charge in [0.15, 0.2) is 0 Å². The fourth-order valence-electron chi connectivity index (χ4n) is 2.04. The maximum absolute atomic E-state index is 9.21. The van der Waals surface area contributed by atoms with E-state index in [1.54, 1.807) is 0 Å². The quantitative estimate of drug-likeness (QED) is 0.366. The van der Waals surface area contributed by atoms with Gasteiger partial charge >= 0.3 is 128 Å². The number of hydrogen-bond donors (Lipinski definition) is 1. The summed E-state index contributed by atoms with van der Waals surface area (Å²) in [5, 5.41) is 0. The first kappa shape index (κ1) is 16.7. The Labute approximate surface area is 128 Å². The molecule has 0 radical (unpaired) electrons. The second-order valence-corrected chi connectivity index (χ2v) is 6.89. The summed E-state index contributed by atoms with van der Waals surface area (Å²) in [5.41, 5.74) is 2.61. The number of nitrogens with zero attached hydrogens (tertiary/aromatic N) is 2. The van der Waals surface area contributed by atoms with E-state index in [0.717, 1.165) is 24.1 Å². The Kier molecular flexibility index (Phi) is 7.71. The van der Waals surface area contributed by atoms with Crippen molar-refractivity contribution in [3.63, 3.8) is 0 Å². The van der Waals surface area contributed by atoms with Crippen LogP contribution in [0.5, 0.6) is 0 Å². The van der Waals surface area contributed by atoms with Gasteiger partial charge in [-0.3, -0.25) is 0 Å². The predicted molar refractivity (Wildman–Crippen MR) is 78.0 cm³/mol. The van der Waals surface area contributed by atoms with Crippen LogP contribution in [-0.4, -0.2) is 40.1 Å². The summed E-state index contributed by atoms with van der Waals surface area (Å²) in [7, 11) is 4.12. The first-order valence-corrected chi connectivity index (χ1v) is 9.23. The summed E-state index contributed by atoms with van der Waals surface area (Å²) in [5.74, 6) is 0.659. The van der Waals surface area contributed by atoms with E-state index < -0.39 is 21.6 Å². The molecular weight excluding hydrogens is 351 g/mol. The Morgan fingerprint density at radius 1 is 1.16 bits per heavy atom. The van der Waals surface area contributed by atoms with Crippen LogP contribution in [0, 0.1) is 5.92 Å². The van der Waals surface area contributed by atoms with E-state index in [0.29, 0.717) is 5.92 Å². The number of anilines is 1. The first-order chi connectivity index (χ1) is 9.02. The Morgan fingerprint density at radius 2 is 1.79 bits per heavy atom. The standard InChI is InChI=1S/C15H26IN2O/c1-13(2)11-18(12-16-19)10-9-14-5-7-15(8-6-14)17(3)4/h5-8,13,19H,9-12H2,1-4H3/q-1. The molecule has 0 aliphatic rings. The summed E-state index contributed by atoms with van der Waals surface area (Å²) < 4.78 is 10.1. The second kappa shape index (κ2) is 8.76. The molecule has 0 amide bonds. The molecule has 0 fully saturated rings. The van der Waals surface area contributed by atoms with Crippen molar-refractivity contribution < 1.29 is 25.1 Å². The van der Waals surface area contributed by atoms with E-state index >= 15 is 0 Å². The number of halogens is 1. The van der Waals surface area contributed by atoms with Gasteiger partial charge in [0.25, 0.3) is 0 Å². The third kappa shape index (κ3) is 6.58. The van der Waals surface area contributed by atoms with Crippen LogP contribution in [0.3, 0.4) is 0 Å². The van der Waals surface area contributed by atoms with Crippen molar-refractivity contribution in [3.05, 3.63) is 29.8 Å². The zero-order chi connectivity index (χ0) is 14.3. The topological polar surface area (TPSA) is 26.7 Å². The van der Waals surface area contributed by atoms with Gasteiger partial charge in [0.05, 0.1) is 0 Å². The van der Waals surface area contributed by atoms with Gasteiger partial charge in [-0.2, -0.15) is 0 Å². The molecule has 0 heterocycles. The van der Waals surface area contributed by atoms with Crippen molar-refractivity contribution >= 4 is 5.69 Å². The molecule has 110 valence electrons. The van der Waals surface area contributed by atoms with Crippen molar-refractivity contribution in [1.29, 1.82) is 0 Å². The van der Waals surface area contributed by atoms with Gasteiger partial charge < -0.3 is 0 Å². The second-order valence-electron chi connectivity index (χ2n) is 5.52. The summed E-state index contributed by atoms with van der Waals surface area (Å²) in [6.45, 7) is 6.58. The van der Waals surface area contributed by atoms with Crippen LogP contribution < -0.4 is 26.5 Å². The molecule has 3 nitrogen and oxygen atoms in total. The van der Waals surface area contributed by atoms with Gasteiger partial charge in [-0.05, 0) is 0 Å². The van der Waals surface area contributed by atoms with Crippen LogP contribution in [0.25, 0.3) is 0 Å². The molecular formula is C15H26IN2O-. The van der Waals surface area contributed by atoms with Gasteiger partial charge in [-0.1, -0.05) is 0 Å². The fraction of sp³-hybridized carbons (Fsp3) is 0.600. The SMILES string of the molecule is CC(C)CN(CCc1ccc(N(C)C)cc1)C[I-]O. The van der Waals surface area contributed by atoms with Crippen LogP contribution in [0.4, 0.5) is 5.69 Å². The summed E-state index contributed by atoms with van der Waals surface area (Å²) >= 11 is -0.642. The van der Waals surface area contributed by atoms with Crippen LogP contribution >= 0.6 is 0 Å². The van der Waals surface area contributed by atoms with Gasteiger partial charge in [0.2, 0.25) is 0 Å². The molecule has 1 N–H and O–H groups in total. The molecule has 0 aliphatic carbocycles. The van der Waals surface area contributed by atoms with Crippen LogP contribution in [0.15, 0.2) is 24.3 Å². The van der Waals surface area contributed by atoms with E-state index in [1.165, 1.54) is 11.3 Å². The minimum absolute atomic E-state index is 0.642. The number of alkyl halides is 1. The molecule has 19 heavy (non-hydrogen) atoms. The van der Waals surface area contributed by atoms with Crippen molar-refractivity contribution in [2.24, 2.45) is 5.92 Å². The van der Waals surface area contributed by atoms with E-state index in [-0.39, 0.29) is 0 Å². The molecule has 0 aliphatic heterocycles. The third-order valence-corrected chi connectivity index (χ3v) is 4.29. The Balaban J connectivity index is 2.49. The van der Waals surface area contributed by atoms with Crippen molar-refractivity contribution in [3.8, 4) is 0 Å². The van der Waals surface area contributed by atoms with Gasteiger partial charge in [-0.25, -0.2) is 0 Å². The summed E-state index contributed by atoms with van der Waals surface area (Å²) in [6, 6.07) is 8.75. The molecule has 0 saturated heterocycles. The molecule has 0 saturated carbocycles. The first-order valence-electron chi connectivity index (χ1n) is 6.74. The zero-order valence-electron chi connectivity index (χ0n) is 12.4. The third-order valence-electron chi connectivity index (χ3n) is 3.02. The molecule has 0 bridgehead atoms. The normalized spacial score (nSPS) is 11.5. The Hall–Kier alpha value is -0.330. The molecule has 1 rings (SSSR count). The van der Waals surface area contributed by atoms with Gasteiger partial charge in [0.1, 0.15) is 0 Å².